The van der Waals surface area contributed by atoms with E-state index in [-0.39, 0.29) is 24.2 Å². The topological polar surface area (TPSA) is 57.6 Å². The number of nitrogens with zero attached hydrogens (tertiary/aromatic N) is 1. The number of hydrogen-bond acceptors (Lipinski definition) is 4. The van der Waals surface area contributed by atoms with Crippen molar-refractivity contribution < 1.29 is 13.5 Å². The molecule has 1 aliphatic heterocycles. The number of aliphatic hydroxyl groups is 1. The maximum absolute atomic E-state index is 11.6. The summed E-state index contributed by atoms with van der Waals surface area (Å²) in [5, 5.41) is 9.22. The lowest BCUT2D eigenvalue weighted by molar-refractivity contribution is 0.153. The summed E-state index contributed by atoms with van der Waals surface area (Å²) < 4.78 is 23.2. The van der Waals surface area contributed by atoms with Gasteiger partial charge in [-0.25, -0.2) is 8.42 Å². The standard InChI is InChI=1S/C15H23NO3S/c1-12-7-13(2)9-14(8-12)10-16(4-5-17)15-3-6-20(18,19)11-15/h7-9,15,17H,3-6,10-11H2,1-2H3. The van der Waals surface area contributed by atoms with E-state index in [1.165, 1.54) is 16.7 Å². The lowest BCUT2D eigenvalue weighted by atomic mass is 10.1. The molecule has 0 radical (unpaired) electrons. The first-order valence-corrected chi connectivity index (χ1v) is 8.84. The number of aryl methyl sites for hydroxylation is 2. The Labute approximate surface area is 121 Å². The molecule has 1 unspecified atom stereocenters. The maximum Gasteiger partial charge on any atom is 0.151 e. The van der Waals surface area contributed by atoms with E-state index < -0.39 is 9.84 Å². The van der Waals surface area contributed by atoms with E-state index in [0.717, 1.165) is 0 Å². The van der Waals surface area contributed by atoms with Gasteiger partial charge in [0.25, 0.3) is 0 Å². The van der Waals surface area contributed by atoms with Crippen molar-refractivity contribution in [3.8, 4) is 0 Å². The number of aliphatic hydroxyl groups excluding tert-OH is 1. The van der Waals surface area contributed by atoms with Crippen LogP contribution in [0.4, 0.5) is 0 Å². The highest BCUT2D eigenvalue weighted by Gasteiger charge is 2.31. The van der Waals surface area contributed by atoms with Crippen LogP contribution in [0.1, 0.15) is 23.1 Å². The van der Waals surface area contributed by atoms with Crippen molar-refractivity contribution in [2.24, 2.45) is 0 Å². The molecule has 20 heavy (non-hydrogen) atoms. The Kier molecular flexibility index (Phi) is 4.83. The van der Waals surface area contributed by atoms with Crippen LogP contribution in [-0.4, -0.2) is 49.1 Å². The van der Waals surface area contributed by atoms with Crippen LogP contribution < -0.4 is 0 Å². The Morgan fingerprint density at radius 2 is 1.90 bits per heavy atom. The molecule has 1 aromatic rings. The summed E-state index contributed by atoms with van der Waals surface area (Å²) in [7, 11) is -2.89. The smallest absolute Gasteiger partial charge is 0.151 e. The van der Waals surface area contributed by atoms with Crippen molar-refractivity contribution in [3.05, 3.63) is 34.9 Å². The Morgan fingerprint density at radius 3 is 2.40 bits per heavy atom. The highest BCUT2D eigenvalue weighted by atomic mass is 32.2. The van der Waals surface area contributed by atoms with Gasteiger partial charge in [0.15, 0.2) is 9.84 Å². The molecule has 5 heteroatoms. The van der Waals surface area contributed by atoms with Crippen molar-refractivity contribution in [1.29, 1.82) is 0 Å². The largest absolute Gasteiger partial charge is 0.395 e. The summed E-state index contributed by atoms with van der Waals surface area (Å²) in [4.78, 5) is 2.10. The molecule has 1 saturated heterocycles. The van der Waals surface area contributed by atoms with Crippen LogP contribution in [0.25, 0.3) is 0 Å². The van der Waals surface area contributed by atoms with Crippen LogP contribution in [0.2, 0.25) is 0 Å². The zero-order valence-corrected chi connectivity index (χ0v) is 13.0. The molecule has 1 heterocycles. The van der Waals surface area contributed by atoms with Crippen LogP contribution in [0.15, 0.2) is 18.2 Å². The predicted molar refractivity (Wildman–Crippen MR) is 80.5 cm³/mol. The Hall–Kier alpha value is -0.910. The summed E-state index contributed by atoms with van der Waals surface area (Å²) in [5.41, 5.74) is 3.60. The molecule has 0 saturated carbocycles. The van der Waals surface area contributed by atoms with Gasteiger partial charge in [-0.1, -0.05) is 29.3 Å². The van der Waals surface area contributed by atoms with Gasteiger partial charge in [-0.3, -0.25) is 4.90 Å². The molecule has 112 valence electrons. The van der Waals surface area contributed by atoms with Gasteiger partial charge in [0.05, 0.1) is 18.1 Å². The minimum atomic E-state index is -2.89. The molecule has 4 nitrogen and oxygen atoms in total. The average Bonchev–Trinajstić information content (AvgIpc) is 2.68. The monoisotopic (exact) mass is 297 g/mol. The van der Waals surface area contributed by atoms with Crippen molar-refractivity contribution in [3.63, 3.8) is 0 Å². The zero-order chi connectivity index (χ0) is 14.8. The van der Waals surface area contributed by atoms with Crippen molar-refractivity contribution in [2.75, 3.05) is 24.7 Å². The molecule has 0 bridgehead atoms. The van der Waals surface area contributed by atoms with Gasteiger partial charge in [-0.15, -0.1) is 0 Å². The van der Waals surface area contributed by atoms with E-state index >= 15 is 0 Å². The van der Waals surface area contributed by atoms with Crippen LogP contribution in [0.3, 0.4) is 0 Å². The highest BCUT2D eigenvalue weighted by molar-refractivity contribution is 7.91. The highest BCUT2D eigenvalue weighted by Crippen LogP contribution is 2.20. The van der Waals surface area contributed by atoms with Crippen LogP contribution in [0.5, 0.6) is 0 Å². The van der Waals surface area contributed by atoms with Crippen LogP contribution in [-0.2, 0) is 16.4 Å². The molecule has 1 atom stereocenters. The Bertz CT molecular complexity index is 548. The van der Waals surface area contributed by atoms with Crippen molar-refractivity contribution >= 4 is 9.84 Å². The predicted octanol–water partition coefficient (Wildman–Crippen LogP) is 1.28. The van der Waals surface area contributed by atoms with Gasteiger partial charge < -0.3 is 5.11 Å². The quantitative estimate of drug-likeness (QED) is 0.889. The van der Waals surface area contributed by atoms with Crippen LogP contribution >= 0.6 is 0 Å². The van der Waals surface area contributed by atoms with E-state index in [1.54, 1.807) is 0 Å². The van der Waals surface area contributed by atoms with Gasteiger partial charge in [0.1, 0.15) is 0 Å². The molecule has 0 spiro atoms. The Morgan fingerprint density at radius 1 is 1.25 bits per heavy atom. The Balaban J connectivity index is 2.13. The first kappa shape index (κ1) is 15.5. The first-order valence-electron chi connectivity index (χ1n) is 7.02. The van der Waals surface area contributed by atoms with Gasteiger partial charge in [0, 0.05) is 19.1 Å². The zero-order valence-electron chi connectivity index (χ0n) is 12.2. The maximum atomic E-state index is 11.6. The van der Waals surface area contributed by atoms with E-state index in [0.29, 0.717) is 19.5 Å². The summed E-state index contributed by atoms with van der Waals surface area (Å²) in [5.74, 6) is 0.490. The minimum absolute atomic E-state index is 0.0352. The van der Waals surface area contributed by atoms with Gasteiger partial charge in [-0.2, -0.15) is 0 Å². The fourth-order valence-corrected chi connectivity index (χ4v) is 4.74. The van der Waals surface area contributed by atoms with Gasteiger partial charge >= 0.3 is 0 Å². The molecule has 0 aromatic heterocycles. The third kappa shape index (κ3) is 4.04. The molecule has 0 aliphatic carbocycles. The molecular formula is C15H23NO3S. The fourth-order valence-electron chi connectivity index (χ4n) is 2.98. The first-order chi connectivity index (χ1) is 9.39. The lowest BCUT2D eigenvalue weighted by Gasteiger charge is -2.27. The summed E-state index contributed by atoms with van der Waals surface area (Å²) in [6.45, 7) is 5.40. The molecule has 1 N–H and O–H groups in total. The van der Waals surface area contributed by atoms with E-state index in [2.05, 4.69) is 36.9 Å². The van der Waals surface area contributed by atoms with E-state index in [9.17, 15) is 13.5 Å². The second-order valence-electron chi connectivity index (χ2n) is 5.75. The fraction of sp³-hybridized carbons (Fsp3) is 0.600. The van der Waals surface area contributed by atoms with Gasteiger partial charge in [-0.05, 0) is 25.8 Å². The summed E-state index contributed by atoms with van der Waals surface area (Å²) in [6.07, 6.45) is 0.674. The SMILES string of the molecule is Cc1cc(C)cc(CN(CCO)C2CCS(=O)(=O)C2)c1. The second-order valence-corrected chi connectivity index (χ2v) is 7.98. The number of benzene rings is 1. The number of rotatable bonds is 5. The van der Waals surface area contributed by atoms with Crippen molar-refractivity contribution in [1.82, 2.24) is 4.90 Å². The summed E-state index contributed by atoms with van der Waals surface area (Å²) in [6, 6.07) is 6.41. The van der Waals surface area contributed by atoms with E-state index in [1.807, 2.05) is 0 Å². The van der Waals surface area contributed by atoms with Crippen LogP contribution in [0, 0.1) is 13.8 Å². The molecule has 1 aromatic carbocycles. The van der Waals surface area contributed by atoms with Gasteiger partial charge in [0.2, 0.25) is 0 Å². The third-order valence-corrected chi connectivity index (χ3v) is 5.53. The number of hydrogen-bond donors (Lipinski definition) is 1. The molecular weight excluding hydrogens is 274 g/mol. The average molecular weight is 297 g/mol. The minimum Gasteiger partial charge on any atom is -0.395 e. The second kappa shape index (κ2) is 6.24. The molecule has 1 fully saturated rings. The van der Waals surface area contributed by atoms with E-state index in [4.69, 9.17) is 0 Å². The normalized spacial score (nSPS) is 21.5. The third-order valence-electron chi connectivity index (χ3n) is 3.78. The molecule has 2 rings (SSSR count). The lowest BCUT2D eigenvalue weighted by Crippen LogP contribution is -2.37. The number of sulfone groups is 1. The van der Waals surface area contributed by atoms with Crippen molar-refractivity contribution in [2.45, 2.75) is 32.9 Å². The molecule has 1 aliphatic rings. The summed E-state index contributed by atoms with van der Waals surface area (Å²) >= 11 is 0. The molecule has 0 amide bonds.